The van der Waals surface area contributed by atoms with Crippen LogP contribution in [0.1, 0.15) is 43.2 Å². The van der Waals surface area contributed by atoms with Crippen molar-refractivity contribution in [3.8, 4) is 0 Å². The lowest BCUT2D eigenvalue weighted by molar-refractivity contribution is -0.138. The Bertz CT molecular complexity index is 658. The second-order valence-electron chi connectivity index (χ2n) is 8.80. The molecule has 4 nitrogen and oxygen atoms in total. The lowest BCUT2D eigenvalue weighted by atomic mass is 9.65. The fourth-order valence-electron chi connectivity index (χ4n) is 5.48. The number of nitrogens with two attached hydrogens (primary N) is 1. The Morgan fingerprint density at radius 3 is 2.30 bits per heavy atom. The van der Waals surface area contributed by atoms with Gasteiger partial charge < -0.3 is 15.5 Å². The normalized spacial score (nSPS) is 30.6. The number of hydrogen-bond donors (Lipinski definition) is 1. The molecule has 1 saturated heterocycles. The van der Waals surface area contributed by atoms with Gasteiger partial charge in [-0.1, -0.05) is 18.6 Å². The van der Waals surface area contributed by atoms with Gasteiger partial charge in [-0.2, -0.15) is 0 Å². The smallest absolute Gasteiger partial charge is 0.225 e. The third-order valence-corrected chi connectivity index (χ3v) is 7.06. The van der Waals surface area contributed by atoms with E-state index >= 15 is 0 Å². The van der Waals surface area contributed by atoms with Crippen molar-refractivity contribution < 1.29 is 4.79 Å². The Balaban J connectivity index is 0.00000210. The molecule has 3 aliphatic rings. The van der Waals surface area contributed by atoms with E-state index in [1.807, 2.05) is 0 Å². The van der Waals surface area contributed by atoms with Crippen molar-refractivity contribution in [2.75, 3.05) is 31.1 Å². The predicted molar refractivity (Wildman–Crippen MR) is 113 cm³/mol. The lowest BCUT2D eigenvalue weighted by Gasteiger charge is -2.45. The Morgan fingerprint density at radius 2 is 1.67 bits per heavy atom. The van der Waals surface area contributed by atoms with Crippen molar-refractivity contribution in [2.24, 2.45) is 23.5 Å². The highest BCUT2D eigenvalue weighted by molar-refractivity contribution is 5.85. The van der Waals surface area contributed by atoms with Crippen LogP contribution in [0.4, 0.5) is 5.69 Å². The van der Waals surface area contributed by atoms with Gasteiger partial charge in [-0.05, 0) is 68.6 Å². The van der Waals surface area contributed by atoms with Crippen LogP contribution in [0, 0.1) is 31.6 Å². The van der Waals surface area contributed by atoms with E-state index in [0.717, 1.165) is 39.0 Å². The molecular weight excluding hydrogens is 358 g/mol. The van der Waals surface area contributed by atoms with E-state index in [2.05, 4.69) is 41.8 Å². The summed E-state index contributed by atoms with van der Waals surface area (Å²) in [5.41, 5.74) is 10.4. The van der Waals surface area contributed by atoms with Crippen molar-refractivity contribution >= 4 is 24.0 Å². The summed E-state index contributed by atoms with van der Waals surface area (Å²) in [4.78, 5) is 17.7. The van der Waals surface area contributed by atoms with E-state index in [1.165, 1.54) is 36.1 Å². The molecule has 150 valence electrons. The quantitative estimate of drug-likeness (QED) is 0.838. The summed E-state index contributed by atoms with van der Waals surface area (Å²) in [6.45, 7) is 7.90. The molecule has 1 aromatic carbocycles. The molecule has 5 heteroatoms. The summed E-state index contributed by atoms with van der Waals surface area (Å²) >= 11 is 0. The fourth-order valence-corrected chi connectivity index (χ4v) is 5.48. The van der Waals surface area contributed by atoms with Crippen LogP contribution in [0.3, 0.4) is 0 Å². The maximum atomic E-state index is 13.1. The van der Waals surface area contributed by atoms with Crippen molar-refractivity contribution in [2.45, 2.75) is 52.0 Å². The Hall–Kier alpha value is -1.26. The van der Waals surface area contributed by atoms with Crippen LogP contribution in [0.2, 0.25) is 0 Å². The molecule has 1 aliphatic heterocycles. The van der Waals surface area contributed by atoms with Gasteiger partial charge >= 0.3 is 0 Å². The number of carbonyl (C=O) groups is 1. The number of anilines is 1. The molecule has 2 atom stereocenters. The summed E-state index contributed by atoms with van der Waals surface area (Å²) in [6.07, 6.45) is 5.80. The fraction of sp³-hybridized carbons (Fsp3) is 0.682. The summed E-state index contributed by atoms with van der Waals surface area (Å²) in [7, 11) is 0. The van der Waals surface area contributed by atoms with Crippen LogP contribution in [0.5, 0.6) is 0 Å². The number of aryl methyl sites for hydroxylation is 2. The number of benzene rings is 1. The van der Waals surface area contributed by atoms with Gasteiger partial charge in [0.25, 0.3) is 0 Å². The molecule has 0 aromatic heterocycles. The topological polar surface area (TPSA) is 49.6 Å². The Kier molecular flexibility index (Phi) is 6.37. The first kappa shape index (κ1) is 20.5. The minimum atomic E-state index is 0. The molecule has 4 rings (SSSR count). The van der Waals surface area contributed by atoms with E-state index in [1.54, 1.807) is 0 Å². The van der Waals surface area contributed by atoms with Crippen LogP contribution in [-0.4, -0.2) is 43.0 Å². The number of carbonyl (C=O) groups excluding carboxylic acids is 1. The summed E-state index contributed by atoms with van der Waals surface area (Å²) in [6, 6.07) is 6.99. The highest BCUT2D eigenvalue weighted by Crippen LogP contribution is 2.42. The highest BCUT2D eigenvalue weighted by Gasteiger charge is 2.41. The van der Waals surface area contributed by atoms with Gasteiger partial charge in [-0.3, -0.25) is 4.79 Å². The zero-order valence-electron chi connectivity index (χ0n) is 16.7. The molecule has 1 aromatic rings. The van der Waals surface area contributed by atoms with E-state index < -0.39 is 0 Å². The molecule has 2 bridgehead atoms. The van der Waals surface area contributed by atoms with Crippen LogP contribution in [0.15, 0.2) is 18.2 Å². The maximum Gasteiger partial charge on any atom is 0.225 e. The lowest BCUT2D eigenvalue weighted by Crippen LogP contribution is -2.53. The molecule has 3 fully saturated rings. The Morgan fingerprint density at radius 1 is 1.04 bits per heavy atom. The van der Waals surface area contributed by atoms with Crippen LogP contribution in [0.25, 0.3) is 0 Å². The summed E-state index contributed by atoms with van der Waals surface area (Å²) < 4.78 is 0. The average molecular weight is 392 g/mol. The second kappa shape index (κ2) is 8.40. The maximum absolute atomic E-state index is 13.1. The molecule has 2 unspecified atom stereocenters. The zero-order valence-corrected chi connectivity index (χ0v) is 17.5. The molecule has 1 heterocycles. The molecular formula is C22H34ClN3O. The number of amides is 1. The molecule has 2 N–H and O–H groups in total. The van der Waals surface area contributed by atoms with Crippen molar-refractivity contribution in [3.63, 3.8) is 0 Å². The molecule has 0 radical (unpaired) electrons. The zero-order chi connectivity index (χ0) is 18.3. The number of rotatable bonds is 2. The first-order valence-corrected chi connectivity index (χ1v) is 10.4. The van der Waals surface area contributed by atoms with Crippen molar-refractivity contribution in [3.05, 3.63) is 29.3 Å². The largest absolute Gasteiger partial charge is 0.368 e. The van der Waals surface area contributed by atoms with Gasteiger partial charge in [0.05, 0.1) is 0 Å². The standard InChI is InChI=1S/C22H33N3O.ClH/c1-15-6-7-16(2)20(12-15)24-8-10-25(11-9-24)22(26)19-13-17-4-3-5-18(14-19)21(17)23;/h6-7,12,17-19,21H,3-5,8-11,13-14,23H2,1-2H3;1H. The second-order valence-corrected chi connectivity index (χ2v) is 8.80. The third kappa shape index (κ3) is 4.12. The molecule has 0 spiro atoms. The molecule has 1 amide bonds. The number of piperazine rings is 1. The SMILES string of the molecule is Cc1ccc(C)c(N2CCN(C(=O)C3CC4CCCC(C3)C4N)CC2)c1.Cl. The van der Waals surface area contributed by atoms with Gasteiger partial charge in [0.15, 0.2) is 0 Å². The average Bonchev–Trinajstić information content (AvgIpc) is 2.63. The minimum Gasteiger partial charge on any atom is -0.368 e. The first-order valence-electron chi connectivity index (χ1n) is 10.4. The van der Waals surface area contributed by atoms with Gasteiger partial charge in [0.2, 0.25) is 5.91 Å². The summed E-state index contributed by atoms with van der Waals surface area (Å²) in [5.74, 6) is 1.77. The van der Waals surface area contributed by atoms with Gasteiger partial charge in [0.1, 0.15) is 0 Å². The molecule has 27 heavy (non-hydrogen) atoms. The van der Waals surface area contributed by atoms with E-state index in [0.29, 0.717) is 23.8 Å². The molecule has 2 saturated carbocycles. The first-order chi connectivity index (χ1) is 12.5. The van der Waals surface area contributed by atoms with Gasteiger partial charge in [-0.25, -0.2) is 0 Å². The number of fused-ring (bicyclic) bond motifs is 2. The van der Waals surface area contributed by atoms with Crippen molar-refractivity contribution in [1.82, 2.24) is 4.90 Å². The monoisotopic (exact) mass is 391 g/mol. The molecule has 2 aliphatic carbocycles. The van der Waals surface area contributed by atoms with Crippen LogP contribution >= 0.6 is 12.4 Å². The van der Waals surface area contributed by atoms with E-state index in [9.17, 15) is 4.79 Å². The number of nitrogens with zero attached hydrogens (tertiary/aromatic N) is 2. The minimum absolute atomic E-state index is 0. The van der Waals surface area contributed by atoms with Gasteiger partial charge in [0, 0.05) is 43.8 Å². The highest BCUT2D eigenvalue weighted by atomic mass is 35.5. The summed E-state index contributed by atoms with van der Waals surface area (Å²) in [5, 5.41) is 0. The number of hydrogen-bond acceptors (Lipinski definition) is 3. The van der Waals surface area contributed by atoms with Crippen molar-refractivity contribution in [1.29, 1.82) is 0 Å². The van der Waals surface area contributed by atoms with Gasteiger partial charge in [-0.15, -0.1) is 12.4 Å². The van der Waals surface area contributed by atoms with Crippen LogP contribution in [-0.2, 0) is 4.79 Å². The predicted octanol–water partition coefficient (Wildman–Crippen LogP) is 3.53. The van der Waals surface area contributed by atoms with E-state index in [4.69, 9.17) is 5.73 Å². The number of halogens is 1. The third-order valence-electron chi connectivity index (χ3n) is 7.06. The van der Waals surface area contributed by atoms with Crippen LogP contribution < -0.4 is 10.6 Å². The van der Waals surface area contributed by atoms with E-state index in [-0.39, 0.29) is 18.3 Å². The Labute approximate surface area is 169 Å².